The van der Waals surface area contributed by atoms with Crippen molar-refractivity contribution in [3.8, 4) is 0 Å². The van der Waals surface area contributed by atoms with Crippen LogP contribution in [0.3, 0.4) is 0 Å². The molecule has 1 N–H and O–H groups in total. The van der Waals surface area contributed by atoms with E-state index in [2.05, 4.69) is 5.32 Å². The van der Waals surface area contributed by atoms with Crippen LogP contribution in [0, 0.1) is 19.7 Å². The lowest BCUT2D eigenvalue weighted by Gasteiger charge is -2.32. The summed E-state index contributed by atoms with van der Waals surface area (Å²) < 4.78 is 39.5. The summed E-state index contributed by atoms with van der Waals surface area (Å²) in [5.41, 5.74) is 2.70. The van der Waals surface area contributed by atoms with E-state index in [9.17, 15) is 22.4 Å². The SMILES string of the molecule is CCNC(=O)[C@H](C)N(Cc1ccc(F)cc1)C(=O)CN(c1ccc(C)cc1C)S(C)(=O)=O. The fourth-order valence-corrected chi connectivity index (χ4v) is 4.28. The molecule has 1 atom stereocenters. The Balaban J connectivity index is 2.40. The predicted octanol–water partition coefficient (Wildman–Crippen LogP) is 2.76. The van der Waals surface area contributed by atoms with Crippen LogP contribution < -0.4 is 9.62 Å². The number of nitrogens with one attached hydrogen (secondary N) is 1. The second kappa shape index (κ2) is 10.6. The van der Waals surface area contributed by atoms with Gasteiger partial charge in [0, 0.05) is 13.1 Å². The van der Waals surface area contributed by atoms with Gasteiger partial charge in [-0.3, -0.25) is 13.9 Å². The first kappa shape index (κ1) is 25.3. The maximum Gasteiger partial charge on any atom is 0.244 e. The van der Waals surface area contributed by atoms with Gasteiger partial charge in [-0.15, -0.1) is 0 Å². The number of likely N-dealkylation sites (N-methyl/N-ethyl adjacent to an activating group) is 1. The van der Waals surface area contributed by atoms with E-state index in [4.69, 9.17) is 0 Å². The first-order chi connectivity index (χ1) is 14.9. The van der Waals surface area contributed by atoms with Gasteiger partial charge in [-0.1, -0.05) is 29.8 Å². The van der Waals surface area contributed by atoms with Crippen molar-refractivity contribution < 1.29 is 22.4 Å². The summed E-state index contributed by atoms with van der Waals surface area (Å²) in [6, 6.07) is 10.0. The summed E-state index contributed by atoms with van der Waals surface area (Å²) in [6.45, 7) is 6.97. The number of amides is 2. The largest absolute Gasteiger partial charge is 0.355 e. The first-order valence-electron chi connectivity index (χ1n) is 10.3. The molecule has 0 aliphatic heterocycles. The van der Waals surface area contributed by atoms with E-state index < -0.39 is 34.3 Å². The molecule has 7 nitrogen and oxygen atoms in total. The average Bonchev–Trinajstić information content (AvgIpc) is 2.71. The monoisotopic (exact) mass is 463 g/mol. The Morgan fingerprint density at radius 1 is 1.09 bits per heavy atom. The molecule has 0 spiro atoms. The summed E-state index contributed by atoms with van der Waals surface area (Å²) in [5.74, 6) is -1.32. The van der Waals surface area contributed by atoms with Crippen molar-refractivity contribution in [1.82, 2.24) is 10.2 Å². The highest BCUT2D eigenvalue weighted by atomic mass is 32.2. The Bertz CT molecular complexity index is 1070. The summed E-state index contributed by atoms with van der Waals surface area (Å²) in [7, 11) is -3.78. The third kappa shape index (κ3) is 6.53. The van der Waals surface area contributed by atoms with E-state index in [1.807, 2.05) is 13.0 Å². The van der Waals surface area contributed by atoms with Gasteiger partial charge in [0.05, 0.1) is 11.9 Å². The van der Waals surface area contributed by atoms with Crippen LogP contribution in [0.15, 0.2) is 42.5 Å². The van der Waals surface area contributed by atoms with Gasteiger partial charge in [-0.2, -0.15) is 0 Å². The van der Waals surface area contributed by atoms with Crippen molar-refractivity contribution in [3.05, 3.63) is 65.0 Å². The van der Waals surface area contributed by atoms with Crippen molar-refractivity contribution >= 4 is 27.5 Å². The molecule has 0 bridgehead atoms. The van der Waals surface area contributed by atoms with Gasteiger partial charge in [0.2, 0.25) is 21.8 Å². The van der Waals surface area contributed by atoms with Crippen LogP contribution in [-0.4, -0.2) is 50.5 Å². The number of aryl methyl sites for hydroxylation is 2. The molecule has 9 heteroatoms. The number of anilines is 1. The fraction of sp³-hybridized carbons (Fsp3) is 0.391. The van der Waals surface area contributed by atoms with Crippen LogP contribution in [0.25, 0.3) is 0 Å². The van der Waals surface area contributed by atoms with Crippen molar-refractivity contribution in [3.63, 3.8) is 0 Å². The molecule has 2 amide bonds. The third-order valence-electron chi connectivity index (χ3n) is 5.08. The molecule has 0 radical (unpaired) electrons. The molecule has 0 saturated heterocycles. The Hall–Kier alpha value is -2.94. The highest BCUT2D eigenvalue weighted by molar-refractivity contribution is 7.92. The highest BCUT2D eigenvalue weighted by Crippen LogP contribution is 2.24. The Morgan fingerprint density at radius 3 is 2.25 bits per heavy atom. The van der Waals surface area contributed by atoms with Crippen molar-refractivity contribution in [1.29, 1.82) is 0 Å². The lowest BCUT2D eigenvalue weighted by atomic mass is 10.1. The minimum Gasteiger partial charge on any atom is -0.355 e. The molecule has 2 aromatic carbocycles. The van der Waals surface area contributed by atoms with Gasteiger partial charge in [0.15, 0.2) is 0 Å². The molecular formula is C23H30FN3O4S. The Labute approximate surface area is 189 Å². The molecular weight excluding hydrogens is 433 g/mol. The summed E-state index contributed by atoms with van der Waals surface area (Å²) in [4.78, 5) is 27.1. The summed E-state index contributed by atoms with van der Waals surface area (Å²) in [5, 5.41) is 2.68. The lowest BCUT2D eigenvalue weighted by Crippen LogP contribution is -2.51. The Kier molecular flexibility index (Phi) is 8.38. The number of sulfonamides is 1. The van der Waals surface area contributed by atoms with Gasteiger partial charge in [-0.05, 0) is 57.0 Å². The summed E-state index contributed by atoms with van der Waals surface area (Å²) >= 11 is 0. The Morgan fingerprint density at radius 2 is 1.72 bits per heavy atom. The van der Waals surface area contributed by atoms with Crippen LogP contribution in [-0.2, 0) is 26.2 Å². The number of nitrogens with zero attached hydrogens (tertiary/aromatic N) is 2. The molecule has 0 aliphatic carbocycles. The van der Waals surface area contributed by atoms with E-state index >= 15 is 0 Å². The van der Waals surface area contributed by atoms with Crippen LogP contribution in [0.1, 0.15) is 30.5 Å². The minimum atomic E-state index is -3.78. The van der Waals surface area contributed by atoms with Gasteiger partial charge >= 0.3 is 0 Å². The molecule has 2 aromatic rings. The van der Waals surface area contributed by atoms with E-state index in [1.165, 1.54) is 29.2 Å². The van der Waals surface area contributed by atoms with Crippen LogP contribution >= 0.6 is 0 Å². The molecule has 0 heterocycles. The molecule has 0 aliphatic rings. The zero-order valence-electron chi connectivity index (χ0n) is 19.1. The van der Waals surface area contributed by atoms with Crippen molar-refractivity contribution in [2.45, 2.75) is 40.3 Å². The standard InChI is InChI=1S/C23H30FN3O4S/c1-6-25-23(29)18(4)26(14-19-8-10-20(24)11-9-19)22(28)15-27(32(5,30)31)21-12-7-16(2)13-17(21)3/h7-13,18H,6,14-15H2,1-5H3,(H,25,29)/t18-/m0/s1. The van der Waals surface area contributed by atoms with Crippen LogP contribution in [0.4, 0.5) is 10.1 Å². The number of rotatable bonds is 9. The second-order valence-electron chi connectivity index (χ2n) is 7.78. The molecule has 32 heavy (non-hydrogen) atoms. The van der Waals surface area contributed by atoms with E-state index in [0.717, 1.165) is 16.1 Å². The molecule has 2 rings (SSSR count). The highest BCUT2D eigenvalue weighted by Gasteiger charge is 2.30. The van der Waals surface area contributed by atoms with Gasteiger partial charge in [0.1, 0.15) is 18.4 Å². The zero-order chi connectivity index (χ0) is 24.1. The maximum atomic E-state index is 13.3. The minimum absolute atomic E-state index is 0.0297. The van der Waals surface area contributed by atoms with Crippen LogP contribution in [0.2, 0.25) is 0 Å². The molecule has 0 unspecified atom stereocenters. The number of hydrogen-bond donors (Lipinski definition) is 1. The molecule has 0 fully saturated rings. The molecule has 174 valence electrons. The zero-order valence-corrected chi connectivity index (χ0v) is 19.9. The fourth-order valence-electron chi connectivity index (χ4n) is 3.37. The van der Waals surface area contributed by atoms with Crippen molar-refractivity contribution in [2.75, 3.05) is 23.7 Å². The van der Waals surface area contributed by atoms with E-state index in [1.54, 1.807) is 32.9 Å². The van der Waals surface area contributed by atoms with E-state index in [0.29, 0.717) is 23.4 Å². The van der Waals surface area contributed by atoms with Crippen molar-refractivity contribution in [2.24, 2.45) is 0 Å². The quantitative estimate of drug-likeness (QED) is 0.620. The predicted molar refractivity (Wildman–Crippen MR) is 123 cm³/mol. The number of halogens is 1. The smallest absolute Gasteiger partial charge is 0.244 e. The number of carbonyl (C=O) groups excluding carboxylic acids is 2. The number of carbonyl (C=O) groups is 2. The summed E-state index contributed by atoms with van der Waals surface area (Å²) in [6.07, 6.45) is 1.04. The maximum absolute atomic E-state index is 13.3. The van der Waals surface area contributed by atoms with E-state index in [-0.39, 0.29) is 12.5 Å². The normalized spacial score (nSPS) is 12.2. The van der Waals surface area contributed by atoms with Gasteiger partial charge < -0.3 is 10.2 Å². The van der Waals surface area contributed by atoms with Crippen LogP contribution in [0.5, 0.6) is 0 Å². The third-order valence-corrected chi connectivity index (χ3v) is 6.21. The van der Waals surface area contributed by atoms with Gasteiger partial charge in [-0.25, -0.2) is 12.8 Å². The van der Waals surface area contributed by atoms with Gasteiger partial charge in [0.25, 0.3) is 0 Å². The second-order valence-corrected chi connectivity index (χ2v) is 9.69. The first-order valence-corrected chi connectivity index (χ1v) is 12.2. The average molecular weight is 464 g/mol. The topological polar surface area (TPSA) is 86.8 Å². The number of hydrogen-bond acceptors (Lipinski definition) is 4. The molecule has 0 aromatic heterocycles. The molecule has 0 saturated carbocycles. The lowest BCUT2D eigenvalue weighted by molar-refractivity contribution is -0.139. The number of benzene rings is 2.